The second-order valence-corrected chi connectivity index (χ2v) is 5.96. The van der Waals surface area contributed by atoms with Gasteiger partial charge in [0.15, 0.2) is 0 Å². The van der Waals surface area contributed by atoms with Gasteiger partial charge in [-0.2, -0.15) is 0 Å². The number of aromatic hydroxyl groups is 1. The van der Waals surface area contributed by atoms with Crippen LogP contribution in [0.25, 0.3) is 0 Å². The highest BCUT2D eigenvalue weighted by Gasteiger charge is 2.25. The summed E-state index contributed by atoms with van der Waals surface area (Å²) in [5.41, 5.74) is 0. The van der Waals surface area contributed by atoms with E-state index in [2.05, 4.69) is 0 Å². The molecule has 0 aliphatic rings. The summed E-state index contributed by atoms with van der Waals surface area (Å²) in [7, 11) is -1.07. The summed E-state index contributed by atoms with van der Waals surface area (Å²) in [6, 6.07) is 2.39. The van der Waals surface area contributed by atoms with Crippen molar-refractivity contribution in [3.05, 3.63) is 22.2 Å². The zero-order valence-corrected chi connectivity index (χ0v) is 10.4. The van der Waals surface area contributed by atoms with Crippen LogP contribution >= 0.6 is 23.2 Å². The van der Waals surface area contributed by atoms with E-state index < -0.39 is 15.8 Å². The molecule has 1 aromatic rings. The maximum absolute atomic E-state index is 11.7. The number of sulfonamides is 1. The minimum Gasteiger partial charge on any atom is -0.506 e. The van der Waals surface area contributed by atoms with Crippen LogP contribution in [0.3, 0.4) is 0 Å². The summed E-state index contributed by atoms with van der Waals surface area (Å²) in [6.07, 6.45) is 0. The lowest BCUT2D eigenvalue weighted by molar-refractivity contribution is 0.452. The molecule has 0 unspecified atom stereocenters. The first kappa shape index (κ1) is 12.6. The fourth-order valence-electron chi connectivity index (χ4n) is 0.985. The summed E-state index contributed by atoms with van der Waals surface area (Å²) < 4.78 is 24.4. The summed E-state index contributed by atoms with van der Waals surface area (Å²) >= 11 is 11.3. The van der Waals surface area contributed by atoms with Crippen molar-refractivity contribution in [1.82, 2.24) is 4.31 Å². The molecule has 7 heteroatoms. The molecule has 4 nitrogen and oxygen atoms in total. The van der Waals surface area contributed by atoms with Crippen LogP contribution in [-0.2, 0) is 10.0 Å². The van der Waals surface area contributed by atoms with Gasteiger partial charge < -0.3 is 5.11 Å². The van der Waals surface area contributed by atoms with Crippen molar-refractivity contribution in [3.8, 4) is 5.75 Å². The highest BCUT2D eigenvalue weighted by Crippen LogP contribution is 2.34. The van der Waals surface area contributed by atoms with Gasteiger partial charge in [-0.15, -0.1) is 0 Å². The second kappa shape index (κ2) is 4.17. The molecule has 1 aromatic carbocycles. The van der Waals surface area contributed by atoms with Gasteiger partial charge in [0, 0.05) is 25.2 Å². The van der Waals surface area contributed by atoms with E-state index >= 15 is 0 Å². The Bertz CT molecular complexity index is 462. The lowest BCUT2D eigenvalue weighted by Gasteiger charge is -2.14. The Hall–Kier alpha value is -0.490. The number of hydrogen-bond acceptors (Lipinski definition) is 3. The van der Waals surface area contributed by atoms with Crippen LogP contribution in [0.15, 0.2) is 17.0 Å². The van der Waals surface area contributed by atoms with Crippen LogP contribution in [0, 0.1) is 0 Å². The van der Waals surface area contributed by atoms with Crippen molar-refractivity contribution >= 4 is 33.2 Å². The maximum Gasteiger partial charge on any atom is 0.247 e. The van der Waals surface area contributed by atoms with Gasteiger partial charge in [0.25, 0.3) is 0 Å². The van der Waals surface area contributed by atoms with Gasteiger partial charge in [-0.3, -0.25) is 0 Å². The van der Waals surface area contributed by atoms with Crippen LogP contribution in [0.5, 0.6) is 5.75 Å². The number of halogens is 2. The lowest BCUT2D eigenvalue weighted by atomic mass is 10.3. The van der Waals surface area contributed by atoms with Crippen molar-refractivity contribution in [1.29, 1.82) is 0 Å². The van der Waals surface area contributed by atoms with Crippen LogP contribution in [0.4, 0.5) is 0 Å². The highest BCUT2D eigenvalue weighted by atomic mass is 35.5. The van der Waals surface area contributed by atoms with E-state index in [1.807, 2.05) is 0 Å². The van der Waals surface area contributed by atoms with Crippen LogP contribution < -0.4 is 0 Å². The van der Waals surface area contributed by atoms with Crippen LogP contribution in [0.2, 0.25) is 10.0 Å². The fourth-order valence-corrected chi connectivity index (χ4v) is 2.75. The van der Waals surface area contributed by atoms with Crippen LogP contribution in [0.1, 0.15) is 0 Å². The first-order valence-corrected chi connectivity index (χ1v) is 6.07. The molecule has 0 saturated heterocycles. The van der Waals surface area contributed by atoms with Crippen molar-refractivity contribution in [2.45, 2.75) is 4.90 Å². The maximum atomic E-state index is 11.7. The Balaban J connectivity index is 3.52. The van der Waals surface area contributed by atoms with Gasteiger partial charge in [-0.25, -0.2) is 12.7 Å². The molecule has 0 fully saturated rings. The zero-order valence-electron chi connectivity index (χ0n) is 8.03. The van der Waals surface area contributed by atoms with E-state index in [4.69, 9.17) is 23.2 Å². The molecule has 0 spiro atoms. The standard InChI is InChI=1S/C8H9Cl2NO3S/c1-11(2)15(13,14)8-6(10)3-5(9)4-7(8)12/h3-4,12H,1-2H3. The van der Waals surface area contributed by atoms with E-state index in [-0.39, 0.29) is 14.9 Å². The van der Waals surface area contributed by atoms with Gasteiger partial charge in [-0.1, -0.05) is 23.2 Å². The largest absolute Gasteiger partial charge is 0.506 e. The van der Waals surface area contributed by atoms with E-state index in [0.717, 1.165) is 10.4 Å². The molecule has 0 bridgehead atoms. The average molecular weight is 270 g/mol. The molecule has 0 aliphatic heterocycles. The number of phenols is 1. The number of nitrogens with zero attached hydrogens (tertiary/aromatic N) is 1. The Kier molecular flexibility index (Phi) is 3.50. The number of rotatable bonds is 2. The highest BCUT2D eigenvalue weighted by molar-refractivity contribution is 7.89. The van der Waals surface area contributed by atoms with E-state index in [1.54, 1.807) is 0 Å². The fraction of sp³-hybridized carbons (Fsp3) is 0.250. The van der Waals surface area contributed by atoms with E-state index in [9.17, 15) is 13.5 Å². The van der Waals surface area contributed by atoms with Gasteiger partial charge in [0.1, 0.15) is 10.6 Å². The number of hydrogen-bond donors (Lipinski definition) is 1. The molecule has 0 heterocycles. The molecule has 0 saturated carbocycles. The summed E-state index contributed by atoms with van der Waals surface area (Å²) in [5, 5.41) is 9.56. The molecule has 1 rings (SSSR count). The summed E-state index contributed by atoms with van der Waals surface area (Å²) in [4.78, 5) is -0.335. The van der Waals surface area contributed by atoms with Gasteiger partial charge in [0.05, 0.1) is 5.02 Å². The Morgan fingerprint density at radius 1 is 1.27 bits per heavy atom. The van der Waals surface area contributed by atoms with Gasteiger partial charge >= 0.3 is 0 Å². The minimum atomic E-state index is -3.76. The predicted molar refractivity (Wildman–Crippen MR) is 59.0 cm³/mol. The van der Waals surface area contributed by atoms with Crippen molar-refractivity contribution in [3.63, 3.8) is 0 Å². The third-order valence-electron chi connectivity index (χ3n) is 1.73. The number of phenolic OH excluding ortho intramolecular Hbond substituents is 1. The van der Waals surface area contributed by atoms with Gasteiger partial charge in [0.2, 0.25) is 10.0 Å². The Labute approximate surface area is 98.1 Å². The molecule has 15 heavy (non-hydrogen) atoms. The Morgan fingerprint density at radius 2 is 1.80 bits per heavy atom. The van der Waals surface area contributed by atoms with Crippen molar-refractivity contribution in [2.24, 2.45) is 0 Å². The summed E-state index contributed by atoms with van der Waals surface area (Å²) in [5.74, 6) is -0.457. The van der Waals surface area contributed by atoms with Crippen LogP contribution in [-0.4, -0.2) is 31.9 Å². The van der Waals surface area contributed by atoms with Gasteiger partial charge in [-0.05, 0) is 6.07 Å². The molecule has 0 aliphatic carbocycles. The Morgan fingerprint density at radius 3 is 2.20 bits per heavy atom. The van der Waals surface area contributed by atoms with Crippen molar-refractivity contribution < 1.29 is 13.5 Å². The first-order chi connectivity index (χ1) is 6.76. The normalized spacial score (nSPS) is 12.1. The van der Waals surface area contributed by atoms with E-state index in [0.29, 0.717) is 0 Å². The minimum absolute atomic E-state index is 0.103. The molecule has 0 amide bonds. The molecular formula is C8H9Cl2NO3S. The topological polar surface area (TPSA) is 57.6 Å². The SMILES string of the molecule is CN(C)S(=O)(=O)c1c(O)cc(Cl)cc1Cl. The smallest absolute Gasteiger partial charge is 0.247 e. The second-order valence-electron chi connectivity index (χ2n) is 3.02. The average Bonchev–Trinajstić information content (AvgIpc) is 2.00. The lowest BCUT2D eigenvalue weighted by Crippen LogP contribution is -2.22. The molecule has 0 atom stereocenters. The quantitative estimate of drug-likeness (QED) is 0.893. The monoisotopic (exact) mass is 269 g/mol. The first-order valence-electron chi connectivity index (χ1n) is 3.87. The molecule has 84 valence electrons. The third kappa shape index (κ3) is 2.36. The zero-order chi connectivity index (χ0) is 11.8. The molecule has 1 N–H and O–H groups in total. The molecular weight excluding hydrogens is 261 g/mol. The summed E-state index contributed by atoms with van der Waals surface area (Å²) in [6.45, 7) is 0. The third-order valence-corrected chi connectivity index (χ3v) is 4.26. The molecule has 0 aromatic heterocycles. The number of benzene rings is 1. The molecule has 0 radical (unpaired) electrons. The predicted octanol–water partition coefficient (Wildman–Crippen LogP) is 1.95. The van der Waals surface area contributed by atoms with E-state index in [1.165, 1.54) is 20.2 Å². The van der Waals surface area contributed by atoms with Crippen molar-refractivity contribution in [2.75, 3.05) is 14.1 Å².